The molecular weight excluding hydrogens is 696 g/mol. The molecule has 5 rings (SSSR count). The number of nitrogens with zero attached hydrogens (tertiary/aromatic N) is 1. The number of pyridine rings is 1. The molecule has 0 spiro atoms. The van der Waals surface area contributed by atoms with Crippen molar-refractivity contribution in [1.82, 2.24) is 15.6 Å². The maximum Gasteiger partial charge on any atom is 0.413 e. The molecule has 1 saturated carbocycles. The third-order valence-corrected chi connectivity index (χ3v) is 8.69. The van der Waals surface area contributed by atoms with Crippen molar-refractivity contribution in [2.75, 3.05) is 26.6 Å². The number of hydrogen-bond acceptors (Lipinski definition) is 12. The van der Waals surface area contributed by atoms with Gasteiger partial charge < -0.3 is 29.0 Å². The number of Topliss-reactive ketones (excluding diaryl/α,β-unsaturated/α-hetero) is 1. The van der Waals surface area contributed by atoms with Crippen LogP contribution in [0.3, 0.4) is 0 Å². The number of carbonyl (C=O) groups excluding carboxylic acids is 5. The monoisotopic (exact) mass is 740 g/mol. The number of aryl methyl sites for hydroxylation is 1. The van der Waals surface area contributed by atoms with Crippen LogP contribution < -0.4 is 10.6 Å². The van der Waals surface area contributed by atoms with E-state index in [1.807, 2.05) is 6.92 Å². The molecular formula is C40H44N4O10. The Hall–Kier alpha value is -5.73. The van der Waals surface area contributed by atoms with Gasteiger partial charge in [-0.2, -0.15) is 0 Å². The summed E-state index contributed by atoms with van der Waals surface area (Å²) >= 11 is 0. The molecule has 1 unspecified atom stereocenters. The number of nitrogens with one attached hydrogen (secondary N) is 3. The molecule has 2 heterocycles. The summed E-state index contributed by atoms with van der Waals surface area (Å²) in [5.41, 5.74) is 3.06. The Morgan fingerprint density at radius 3 is 2.33 bits per heavy atom. The van der Waals surface area contributed by atoms with E-state index in [9.17, 15) is 24.0 Å². The molecule has 3 aromatic rings. The van der Waals surface area contributed by atoms with E-state index in [4.69, 9.17) is 29.1 Å². The van der Waals surface area contributed by atoms with Crippen LogP contribution in [0.25, 0.3) is 17.2 Å². The number of amides is 2. The van der Waals surface area contributed by atoms with Crippen LogP contribution in [0.4, 0.5) is 4.79 Å². The highest BCUT2D eigenvalue weighted by Gasteiger charge is 2.28. The molecule has 0 radical (unpaired) electrons. The van der Waals surface area contributed by atoms with Gasteiger partial charge in [0.1, 0.15) is 18.3 Å². The minimum Gasteiger partial charge on any atom is -0.441 e. The van der Waals surface area contributed by atoms with Gasteiger partial charge in [0, 0.05) is 36.6 Å². The van der Waals surface area contributed by atoms with Crippen molar-refractivity contribution in [2.24, 2.45) is 11.8 Å². The molecule has 2 amide bonds. The van der Waals surface area contributed by atoms with E-state index in [1.165, 1.54) is 13.0 Å². The Kier molecular flexibility index (Phi) is 13.1. The molecule has 1 atom stereocenters. The van der Waals surface area contributed by atoms with Gasteiger partial charge in [-0.3, -0.25) is 25.1 Å². The lowest BCUT2D eigenvalue weighted by atomic mass is 9.89. The standard InChI is InChI=1S/C40H44N4O10/c1-6-27-17-32(34(45)16-25-9-11-28(12-10-25)36(41)44-40(49)54-29-19-50-21-51-20-29)31(15-23(27)4)30-13-14-33(37(46)42-18-26-7-8-26)43-35(30)39(48)53-24(5)52-38(47)22(2)3/h6,9-15,17,22,24,26,29H,1,7-8,16,18-21H2,2-5H3,(H,42,46)(H2,41,44,49). The summed E-state index contributed by atoms with van der Waals surface area (Å²) in [5, 5.41) is 13.5. The number of hydrogen-bond donors (Lipinski definition) is 3. The lowest BCUT2D eigenvalue weighted by Gasteiger charge is -2.22. The Morgan fingerprint density at radius 2 is 1.69 bits per heavy atom. The SMILES string of the molecule is C=Cc1cc(C(=O)Cc2ccc(C(=N)NC(=O)OC3COCOC3)cc2)c(-c2ccc(C(=O)NCC3CC3)nc2C(=O)OC(C)OC(=O)C(C)C)cc1C. The summed E-state index contributed by atoms with van der Waals surface area (Å²) in [6.45, 7) is 11.4. The van der Waals surface area contributed by atoms with Gasteiger partial charge in [-0.25, -0.2) is 14.6 Å². The molecule has 1 aliphatic heterocycles. The molecule has 3 N–H and O–H groups in total. The molecule has 54 heavy (non-hydrogen) atoms. The van der Waals surface area contributed by atoms with Crippen LogP contribution in [-0.2, 0) is 34.9 Å². The highest BCUT2D eigenvalue weighted by atomic mass is 16.7. The fourth-order valence-corrected chi connectivity index (χ4v) is 5.50. The first-order chi connectivity index (χ1) is 25.8. The molecule has 1 aliphatic carbocycles. The molecule has 284 valence electrons. The highest BCUT2D eigenvalue weighted by molar-refractivity contribution is 6.08. The molecule has 1 aromatic heterocycles. The van der Waals surface area contributed by atoms with Crippen LogP contribution in [0.1, 0.15) is 87.2 Å². The third-order valence-electron chi connectivity index (χ3n) is 8.69. The van der Waals surface area contributed by atoms with Gasteiger partial charge in [-0.05, 0) is 66.1 Å². The summed E-state index contributed by atoms with van der Waals surface area (Å²) in [5.74, 6) is -2.53. The first kappa shape index (κ1) is 39.5. The predicted molar refractivity (Wildman–Crippen MR) is 197 cm³/mol. The van der Waals surface area contributed by atoms with Crippen LogP contribution in [0.2, 0.25) is 0 Å². The second kappa shape index (κ2) is 17.9. The second-order valence-corrected chi connectivity index (χ2v) is 13.5. The van der Waals surface area contributed by atoms with Crippen LogP contribution in [-0.4, -0.2) is 79.5 Å². The molecule has 14 heteroatoms. The van der Waals surface area contributed by atoms with E-state index in [0.29, 0.717) is 34.7 Å². The number of alkyl carbamates (subject to hydrolysis) is 1. The maximum absolute atomic E-state index is 14.1. The first-order valence-electron chi connectivity index (χ1n) is 17.6. The van der Waals surface area contributed by atoms with E-state index < -0.39 is 42.3 Å². The van der Waals surface area contributed by atoms with Crippen LogP contribution in [0.5, 0.6) is 0 Å². The minimum absolute atomic E-state index is 0.0177. The van der Waals surface area contributed by atoms with Crippen molar-refractivity contribution in [2.45, 2.75) is 59.4 Å². The largest absolute Gasteiger partial charge is 0.441 e. The zero-order valence-electron chi connectivity index (χ0n) is 30.7. The first-order valence-corrected chi connectivity index (χ1v) is 17.6. The van der Waals surface area contributed by atoms with Crippen molar-refractivity contribution in [3.63, 3.8) is 0 Å². The maximum atomic E-state index is 14.1. The average Bonchev–Trinajstić information content (AvgIpc) is 3.98. The van der Waals surface area contributed by atoms with E-state index in [2.05, 4.69) is 22.2 Å². The van der Waals surface area contributed by atoms with Crippen LogP contribution in [0.15, 0.2) is 55.1 Å². The number of ketones is 1. The topological polar surface area (TPSA) is 192 Å². The Morgan fingerprint density at radius 1 is 0.981 bits per heavy atom. The highest BCUT2D eigenvalue weighted by Crippen LogP contribution is 2.32. The minimum atomic E-state index is -1.26. The normalized spacial score (nSPS) is 14.8. The molecule has 2 fully saturated rings. The summed E-state index contributed by atoms with van der Waals surface area (Å²) < 4.78 is 26.2. The van der Waals surface area contributed by atoms with E-state index >= 15 is 0 Å². The van der Waals surface area contributed by atoms with E-state index in [0.717, 1.165) is 18.4 Å². The van der Waals surface area contributed by atoms with E-state index in [-0.39, 0.29) is 60.6 Å². The zero-order chi connectivity index (χ0) is 38.9. The van der Waals surface area contributed by atoms with E-state index in [1.54, 1.807) is 62.4 Å². The van der Waals surface area contributed by atoms with Gasteiger partial charge >= 0.3 is 18.0 Å². The van der Waals surface area contributed by atoms with Gasteiger partial charge in [0.15, 0.2) is 17.6 Å². The van der Waals surface area contributed by atoms with Crippen molar-refractivity contribution >= 4 is 41.6 Å². The lowest BCUT2D eigenvalue weighted by molar-refractivity contribution is -0.169. The molecule has 14 nitrogen and oxygen atoms in total. The quantitative estimate of drug-likeness (QED) is 0.0631. The summed E-state index contributed by atoms with van der Waals surface area (Å²) in [7, 11) is 0. The van der Waals surface area contributed by atoms with Gasteiger partial charge in [-0.1, -0.05) is 56.8 Å². The summed E-state index contributed by atoms with van der Waals surface area (Å²) in [6.07, 6.45) is 0.956. The Bertz CT molecular complexity index is 1930. The third kappa shape index (κ3) is 10.4. The Balaban J connectivity index is 1.41. The zero-order valence-corrected chi connectivity index (χ0v) is 30.7. The van der Waals surface area contributed by atoms with Gasteiger partial charge in [0.05, 0.1) is 19.1 Å². The van der Waals surface area contributed by atoms with Crippen molar-refractivity contribution in [3.05, 3.63) is 94.3 Å². The number of esters is 2. The Labute approximate surface area is 313 Å². The lowest BCUT2D eigenvalue weighted by Crippen LogP contribution is -2.39. The number of aromatic nitrogens is 1. The smallest absolute Gasteiger partial charge is 0.413 e. The molecule has 1 saturated heterocycles. The van der Waals surface area contributed by atoms with Gasteiger partial charge in [0.2, 0.25) is 6.29 Å². The predicted octanol–water partition coefficient (Wildman–Crippen LogP) is 5.39. The summed E-state index contributed by atoms with van der Waals surface area (Å²) in [4.78, 5) is 69.7. The van der Waals surface area contributed by atoms with Crippen LogP contribution >= 0.6 is 0 Å². The van der Waals surface area contributed by atoms with Crippen molar-refractivity contribution in [1.29, 1.82) is 5.41 Å². The molecule has 2 aromatic carbocycles. The fraction of sp³-hybridized carbons (Fsp3) is 0.375. The average molecular weight is 741 g/mol. The number of benzene rings is 2. The van der Waals surface area contributed by atoms with Crippen molar-refractivity contribution < 1.29 is 47.7 Å². The number of carbonyl (C=O) groups is 5. The molecule has 2 aliphatic rings. The summed E-state index contributed by atoms with van der Waals surface area (Å²) in [6, 6.07) is 13.0. The van der Waals surface area contributed by atoms with Gasteiger partial charge in [-0.15, -0.1) is 0 Å². The van der Waals surface area contributed by atoms with Crippen molar-refractivity contribution in [3.8, 4) is 11.1 Å². The number of amidine groups is 1. The number of rotatable bonds is 14. The second-order valence-electron chi connectivity index (χ2n) is 13.5. The van der Waals surface area contributed by atoms with Gasteiger partial charge in [0.25, 0.3) is 5.91 Å². The van der Waals surface area contributed by atoms with Crippen LogP contribution in [0, 0.1) is 24.2 Å². The number of ether oxygens (including phenoxy) is 5. The molecule has 0 bridgehead atoms. The fourth-order valence-electron chi connectivity index (χ4n) is 5.50.